The van der Waals surface area contributed by atoms with E-state index in [0.717, 1.165) is 11.1 Å². The van der Waals surface area contributed by atoms with Crippen LogP contribution in [0.5, 0.6) is 0 Å². The Hall–Kier alpha value is -3.00. The Morgan fingerprint density at radius 1 is 1.11 bits per heavy atom. The van der Waals surface area contributed by atoms with Gasteiger partial charge in [-0.05, 0) is 24.3 Å². The third kappa shape index (κ3) is 2.19. The third-order valence-electron chi connectivity index (χ3n) is 2.58. The minimum Gasteiger partial charge on any atom is -0.334 e. The van der Waals surface area contributed by atoms with Gasteiger partial charge in [-0.15, -0.1) is 0 Å². The molecule has 2 heterocycles. The second-order valence-electron chi connectivity index (χ2n) is 3.86. The maximum Gasteiger partial charge on any atom is 0.259 e. The number of nitrogens with zero attached hydrogens (tertiary/aromatic N) is 4. The number of aromatic nitrogens is 3. The van der Waals surface area contributed by atoms with Crippen LogP contribution in [0.4, 0.5) is 0 Å². The summed E-state index contributed by atoms with van der Waals surface area (Å²) in [7, 11) is 0. The Bertz CT molecular complexity index is 743. The van der Waals surface area contributed by atoms with Crippen LogP contribution in [-0.4, -0.2) is 15.1 Å². The molecule has 0 amide bonds. The Kier molecular flexibility index (Phi) is 2.75. The lowest BCUT2D eigenvalue weighted by atomic mass is 10.1. The molecule has 0 N–H and O–H groups in total. The van der Waals surface area contributed by atoms with Crippen LogP contribution in [0.1, 0.15) is 5.56 Å². The largest absolute Gasteiger partial charge is 0.334 e. The predicted octanol–water partition coefficient (Wildman–Crippen LogP) is 2.67. The van der Waals surface area contributed by atoms with E-state index in [9.17, 15) is 0 Å². The molecule has 0 aliphatic heterocycles. The van der Waals surface area contributed by atoms with Gasteiger partial charge in [0, 0.05) is 18.0 Å². The van der Waals surface area contributed by atoms with Crippen LogP contribution in [0.25, 0.3) is 22.8 Å². The molecule has 5 nitrogen and oxygen atoms in total. The van der Waals surface area contributed by atoms with E-state index in [1.807, 2.05) is 12.1 Å². The van der Waals surface area contributed by atoms with Gasteiger partial charge in [0.15, 0.2) is 0 Å². The molecule has 5 heteroatoms. The van der Waals surface area contributed by atoms with Gasteiger partial charge in [0.1, 0.15) is 0 Å². The van der Waals surface area contributed by atoms with Crippen molar-refractivity contribution in [2.24, 2.45) is 0 Å². The second-order valence-corrected chi connectivity index (χ2v) is 3.86. The minimum absolute atomic E-state index is 0.408. The Morgan fingerprint density at radius 3 is 2.79 bits per heavy atom. The molecule has 0 aliphatic rings. The predicted molar refractivity (Wildman–Crippen MR) is 67.7 cm³/mol. The fraction of sp³-hybridized carbons (Fsp3) is 0. The minimum atomic E-state index is 0.408. The molecule has 0 radical (unpaired) electrons. The first-order chi connectivity index (χ1) is 9.36. The van der Waals surface area contributed by atoms with E-state index in [4.69, 9.17) is 9.78 Å². The van der Waals surface area contributed by atoms with Gasteiger partial charge in [0.05, 0.1) is 17.2 Å². The normalized spacial score (nSPS) is 10.1. The lowest BCUT2D eigenvalue weighted by Gasteiger charge is -1.93. The first kappa shape index (κ1) is 11.1. The Balaban J connectivity index is 2.00. The standard InChI is InChI=1S/C14H8N4O/c15-8-10-3-1-4-11(7-10)13-17-14(19-18-13)12-5-2-6-16-9-12/h1-7,9H. The van der Waals surface area contributed by atoms with Gasteiger partial charge >= 0.3 is 0 Å². The van der Waals surface area contributed by atoms with Crippen molar-refractivity contribution in [1.82, 2.24) is 15.1 Å². The summed E-state index contributed by atoms with van der Waals surface area (Å²) in [4.78, 5) is 8.30. The zero-order valence-corrected chi connectivity index (χ0v) is 9.82. The summed E-state index contributed by atoms with van der Waals surface area (Å²) in [5.41, 5.74) is 2.07. The van der Waals surface area contributed by atoms with E-state index in [2.05, 4.69) is 21.2 Å². The van der Waals surface area contributed by atoms with Gasteiger partial charge in [-0.2, -0.15) is 10.2 Å². The summed E-state index contributed by atoms with van der Waals surface area (Å²) in [6, 6.07) is 12.8. The molecule has 0 aliphatic carbocycles. The summed E-state index contributed by atoms with van der Waals surface area (Å²) in [6.07, 6.45) is 3.33. The molecule has 19 heavy (non-hydrogen) atoms. The molecule has 0 saturated heterocycles. The van der Waals surface area contributed by atoms with Gasteiger partial charge in [-0.1, -0.05) is 17.3 Å². The molecule has 2 aromatic heterocycles. The summed E-state index contributed by atoms with van der Waals surface area (Å²) in [6.45, 7) is 0. The molecule has 3 aromatic rings. The molecule has 0 saturated carbocycles. The lowest BCUT2D eigenvalue weighted by Crippen LogP contribution is -1.83. The van der Waals surface area contributed by atoms with Gasteiger partial charge in [-0.3, -0.25) is 4.98 Å². The van der Waals surface area contributed by atoms with Crippen LogP contribution in [0.15, 0.2) is 53.3 Å². The van der Waals surface area contributed by atoms with Gasteiger partial charge < -0.3 is 4.52 Å². The van der Waals surface area contributed by atoms with Gasteiger partial charge in [0.25, 0.3) is 5.89 Å². The van der Waals surface area contributed by atoms with Crippen LogP contribution in [-0.2, 0) is 0 Å². The molecule has 0 atom stereocenters. The number of hydrogen-bond donors (Lipinski definition) is 0. The van der Waals surface area contributed by atoms with Gasteiger partial charge in [0.2, 0.25) is 5.82 Å². The van der Waals surface area contributed by atoms with Crippen LogP contribution >= 0.6 is 0 Å². The highest BCUT2D eigenvalue weighted by Gasteiger charge is 2.10. The van der Waals surface area contributed by atoms with Crippen molar-refractivity contribution in [2.75, 3.05) is 0 Å². The summed E-state index contributed by atoms with van der Waals surface area (Å²) in [5, 5.41) is 12.8. The molecule has 1 aromatic carbocycles. The van der Waals surface area contributed by atoms with Crippen molar-refractivity contribution in [3.05, 3.63) is 54.4 Å². The van der Waals surface area contributed by atoms with Gasteiger partial charge in [-0.25, -0.2) is 0 Å². The molecule has 0 fully saturated rings. The van der Waals surface area contributed by atoms with Crippen LogP contribution in [0.3, 0.4) is 0 Å². The van der Waals surface area contributed by atoms with E-state index < -0.39 is 0 Å². The SMILES string of the molecule is N#Cc1cccc(-c2noc(-c3cccnc3)n2)c1. The van der Waals surface area contributed by atoms with E-state index >= 15 is 0 Å². The number of rotatable bonds is 2. The summed E-state index contributed by atoms with van der Waals surface area (Å²) >= 11 is 0. The summed E-state index contributed by atoms with van der Waals surface area (Å²) in [5.74, 6) is 0.862. The summed E-state index contributed by atoms with van der Waals surface area (Å²) < 4.78 is 5.19. The van der Waals surface area contributed by atoms with Crippen LogP contribution in [0, 0.1) is 11.3 Å². The van der Waals surface area contributed by atoms with Crippen LogP contribution in [0.2, 0.25) is 0 Å². The molecule has 90 valence electrons. The smallest absolute Gasteiger partial charge is 0.259 e. The molecular weight excluding hydrogens is 240 g/mol. The van der Waals surface area contributed by atoms with E-state index in [1.54, 1.807) is 36.7 Å². The maximum absolute atomic E-state index is 8.87. The highest BCUT2D eigenvalue weighted by molar-refractivity contribution is 5.60. The average molecular weight is 248 g/mol. The van der Waals surface area contributed by atoms with Crippen LogP contribution < -0.4 is 0 Å². The fourth-order valence-corrected chi connectivity index (χ4v) is 1.68. The molecule has 0 unspecified atom stereocenters. The zero-order chi connectivity index (χ0) is 13.1. The third-order valence-corrected chi connectivity index (χ3v) is 2.58. The van der Waals surface area contributed by atoms with Crippen molar-refractivity contribution < 1.29 is 4.52 Å². The monoisotopic (exact) mass is 248 g/mol. The van der Waals surface area contributed by atoms with E-state index in [-0.39, 0.29) is 0 Å². The second kappa shape index (κ2) is 4.70. The number of pyridine rings is 1. The zero-order valence-electron chi connectivity index (χ0n) is 9.82. The van der Waals surface area contributed by atoms with E-state index in [1.165, 1.54) is 0 Å². The molecule has 0 bridgehead atoms. The van der Waals surface area contributed by atoms with Crippen molar-refractivity contribution in [3.63, 3.8) is 0 Å². The number of benzene rings is 1. The average Bonchev–Trinajstić information content (AvgIpc) is 2.98. The molecular formula is C14H8N4O. The highest BCUT2D eigenvalue weighted by atomic mass is 16.5. The first-order valence-electron chi connectivity index (χ1n) is 5.61. The maximum atomic E-state index is 8.87. The van der Waals surface area contributed by atoms with E-state index in [0.29, 0.717) is 17.3 Å². The Morgan fingerprint density at radius 2 is 2.00 bits per heavy atom. The topological polar surface area (TPSA) is 75.6 Å². The lowest BCUT2D eigenvalue weighted by molar-refractivity contribution is 0.432. The van der Waals surface area contributed by atoms with Crippen molar-refractivity contribution in [2.45, 2.75) is 0 Å². The Labute approximate surface area is 109 Å². The van der Waals surface area contributed by atoms with Crippen molar-refractivity contribution in [1.29, 1.82) is 5.26 Å². The highest BCUT2D eigenvalue weighted by Crippen LogP contribution is 2.21. The number of nitriles is 1. The quantitative estimate of drug-likeness (QED) is 0.696. The molecule has 3 rings (SSSR count). The van der Waals surface area contributed by atoms with Crippen molar-refractivity contribution >= 4 is 0 Å². The molecule has 0 spiro atoms. The number of hydrogen-bond acceptors (Lipinski definition) is 5. The first-order valence-corrected chi connectivity index (χ1v) is 5.61. The van der Waals surface area contributed by atoms with Crippen molar-refractivity contribution in [3.8, 4) is 28.9 Å². The fourth-order valence-electron chi connectivity index (χ4n) is 1.68.